The lowest BCUT2D eigenvalue weighted by Gasteiger charge is -2.25. The van der Waals surface area contributed by atoms with Crippen molar-refractivity contribution in [1.82, 2.24) is 9.80 Å². The fourth-order valence-electron chi connectivity index (χ4n) is 3.42. The minimum atomic E-state index is 0.827. The van der Waals surface area contributed by atoms with E-state index in [2.05, 4.69) is 21.9 Å². The van der Waals surface area contributed by atoms with E-state index >= 15 is 0 Å². The van der Waals surface area contributed by atoms with Crippen LogP contribution in [0.5, 0.6) is 0 Å². The van der Waals surface area contributed by atoms with Gasteiger partial charge in [-0.2, -0.15) is 0 Å². The summed E-state index contributed by atoms with van der Waals surface area (Å²) >= 11 is 5.93. The first-order valence-corrected chi connectivity index (χ1v) is 7.90. The lowest BCUT2D eigenvalue weighted by molar-refractivity contribution is 0.221. The molecular formula is C16H23ClN2. The van der Waals surface area contributed by atoms with Gasteiger partial charge in [0.05, 0.1) is 0 Å². The quantitative estimate of drug-likeness (QED) is 0.839. The summed E-state index contributed by atoms with van der Waals surface area (Å²) in [7, 11) is 0. The molecule has 1 aromatic rings. The van der Waals surface area contributed by atoms with Crippen molar-refractivity contribution in [3.05, 3.63) is 34.9 Å². The second-order valence-electron chi connectivity index (χ2n) is 5.86. The van der Waals surface area contributed by atoms with E-state index in [0.717, 1.165) is 17.5 Å². The highest BCUT2D eigenvalue weighted by Crippen LogP contribution is 2.21. The number of benzene rings is 1. The van der Waals surface area contributed by atoms with Crippen molar-refractivity contribution in [2.24, 2.45) is 0 Å². The third-order valence-corrected chi connectivity index (χ3v) is 4.77. The van der Waals surface area contributed by atoms with Gasteiger partial charge in [-0.1, -0.05) is 23.7 Å². The van der Waals surface area contributed by atoms with E-state index in [1.807, 2.05) is 12.1 Å². The summed E-state index contributed by atoms with van der Waals surface area (Å²) in [6, 6.07) is 9.13. The summed E-state index contributed by atoms with van der Waals surface area (Å²) in [4.78, 5) is 5.35. The van der Waals surface area contributed by atoms with Gasteiger partial charge in [-0.3, -0.25) is 4.90 Å². The smallest absolute Gasteiger partial charge is 0.0406 e. The van der Waals surface area contributed by atoms with Crippen LogP contribution in [-0.4, -0.2) is 48.6 Å². The lowest BCUT2D eigenvalue weighted by atomic mass is 10.1. The van der Waals surface area contributed by atoms with Crippen molar-refractivity contribution in [3.63, 3.8) is 0 Å². The van der Waals surface area contributed by atoms with Crippen LogP contribution < -0.4 is 0 Å². The molecule has 0 saturated carbocycles. The van der Waals surface area contributed by atoms with E-state index in [0.29, 0.717) is 0 Å². The summed E-state index contributed by atoms with van der Waals surface area (Å²) in [5.41, 5.74) is 1.40. The average molecular weight is 279 g/mol. The standard InChI is InChI=1S/C16H23ClN2/c17-15-6-4-14(5-7-15)8-12-18-9-2-11-19-10-1-3-16(19)13-18/h4-7,16H,1-3,8-13H2. The van der Waals surface area contributed by atoms with E-state index in [9.17, 15) is 0 Å². The van der Waals surface area contributed by atoms with Crippen molar-refractivity contribution in [1.29, 1.82) is 0 Å². The van der Waals surface area contributed by atoms with Gasteiger partial charge in [0.1, 0.15) is 0 Å². The molecule has 2 aliphatic heterocycles. The van der Waals surface area contributed by atoms with Gasteiger partial charge >= 0.3 is 0 Å². The first-order valence-electron chi connectivity index (χ1n) is 7.52. The molecule has 0 aliphatic carbocycles. The zero-order valence-electron chi connectivity index (χ0n) is 11.5. The molecular weight excluding hydrogens is 256 g/mol. The van der Waals surface area contributed by atoms with Crippen molar-refractivity contribution in [2.75, 3.05) is 32.7 Å². The van der Waals surface area contributed by atoms with Gasteiger partial charge in [-0.15, -0.1) is 0 Å². The highest BCUT2D eigenvalue weighted by atomic mass is 35.5. The SMILES string of the molecule is Clc1ccc(CCN2CCCN3CCCC3C2)cc1. The Balaban J connectivity index is 1.53. The van der Waals surface area contributed by atoms with Gasteiger partial charge in [0, 0.05) is 24.2 Å². The van der Waals surface area contributed by atoms with Gasteiger partial charge in [-0.05, 0) is 63.0 Å². The Labute approximate surface area is 121 Å². The summed E-state index contributed by atoms with van der Waals surface area (Å²) in [5.74, 6) is 0. The Morgan fingerprint density at radius 2 is 1.84 bits per heavy atom. The number of hydrogen-bond donors (Lipinski definition) is 0. The Morgan fingerprint density at radius 1 is 1.05 bits per heavy atom. The molecule has 2 nitrogen and oxygen atoms in total. The number of rotatable bonds is 3. The monoisotopic (exact) mass is 278 g/mol. The van der Waals surface area contributed by atoms with Crippen LogP contribution in [0.1, 0.15) is 24.8 Å². The van der Waals surface area contributed by atoms with E-state index in [1.54, 1.807) is 0 Å². The Morgan fingerprint density at radius 3 is 2.68 bits per heavy atom. The van der Waals surface area contributed by atoms with Crippen LogP contribution in [0.4, 0.5) is 0 Å². The molecule has 1 aromatic carbocycles. The van der Waals surface area contributed by atoms with Crippen molar-refractivity contribution in [2.45, 2.75) is 31.7 Å². The number of nitrogens with zero attached hydrogens (tertiary/aromatic N) is 2. The molecule has 1 unspecified atom stereocenters. The zero-order valence-corrected chi connectivity index (χ0v) is 12.3. The van der Waals surface area contributed by atoms with Gasteiger partial charge in [0.15, 0.2) is 0 Å². The maximum atomic E-state index is 5.93. The third kappa shape index (κ3) is 3.50. The van der Waals surface area contributed by atoms with Crippen LogP contribution in [0.15, 0.2) is 24.3 Å². The van der Waals surface area contributed by atoms with Gasteiger partial charge < -0.3 is 4.90 Å². The highest BCUT2D eigenvalue weighted by molar-refractivity contribution is 6.30. The van der Waals surface area contributed by atoms with E-state index < -0.39 is 0 Å². The molecule has 0 amide bonds. The maximum absolute atomic E-state index is 5.93. The maximum Gasteiger partial charge on any atom is 0.0406 e. The second kappa shape index (κ2) is 6.25. The van der Waals surface area contributed by atoms with Gasteiger partial charge in [0.2, 0.25) is 0 Å². The van der Waals surface area contributed by atoms with Crippen LogP contribution in [0.3, 0.4) is 0 Å². The van der Waals surface area contributed by atoms with Crippen molar-refractivity contribution >= 4 is 11.6 Å². The molecule has 2 heterocycles. The minimum absolute atomic E-state index is 0.827. The summed E-state index contributed by atoms with van der Waals surface area (Å²) < 4.78 is 0. The Bertz CT molecular complexity index is 404. The first kappa shape index (κ1) is 13.4. The molecule has 3 rings (SSSR count). The minimum Gasteiger partial charge on any atom is -0.301 e. The molecule has 2 saturated heterocycles. The van der Waals surface area contributed by atoms with Crippen LogP contribution in [0.2, 0.25) is 5.02 Å². The topological polar surface area (TPSA) is 6.48 Å². The van der Waals surface area contributed by atoms with Crippen molar-refractivity contribution < 1.29 is 0 Å². The normalized spacial score (nSPS) is 25.2. The number of halogens is 1. The fourth-order valence-corrected chi connectivity index (χ4v) is 3.55. The fraction of sp³-hybridized carbons (Fsp3) is 0.625. The molecule has 0 radical (unpaired) electrons. The first-order chi connectivity index (χ1) is 9.31. The molecule has 0 bridgehead atoms. The predicted octanol–water partition coefficient (Wildman–Crippen LogP) is 3.05. The molecule has 0 spiro atoms. The van der Waals surface area contributed by atoms with Crippen LogP contribution in [0.25, 0.3) is 0 Å². The van der Waals surface area contributed by atoms with Crippen LogP contribution in [-0.2, 0) is 6.42 Å². The largest absolute Gasteiger partial charge is 0.301 e. The lowest BCUT2D eigenvalue weighted by Crippen LogP contribution is -2.37. The number of hydrogen-bond acceptors (Lipinski definition) is 2. The van der Waals surface area contributed by atoms with Gasteiger partial charge in [0.25, 0.3) is 0 Å². The third-order valence-electron chi connectivity index (χ3n) is 4.52. The summed E-state index contributed by atoms with van der Waals surface area (Å²) in [5, 5.41) is 0.833. The summed E-state index contributed by atoms with van der Waals surface area (Å²) in [6.07, 6.45) is 5.27. The predicted molar refractivity (Wildman–Crippen MR) is 80.8 cm³/mol. The second-order valence-corrected chi connectivity index (χ2v) is 6.30. The molecule has 104 valence electrons. The van der Waals surface area contributed by atoms with E-state index in [-0.39, 0.29) is 0 Å². The molecule has 19 heavy (non-hydrogen) atoms. The average Bonchev–Trinajstić information content (AvgIpc) is 2.76. The van der Waals surface area contributed by atoms with Gasteiger partial charge in [-0.25, -0.2) is 0 Å². The highest BCUT2D eigenvalue weighted by Gasteiger charge is 2.28. The van der Waals surface area contributed by atoms with Crippen LogP contribution in [0, 0.1) is 0 Å². The van der Waals surface area contributed by atoms with Crippen molar-refractivity contribution in [3.8, 4) is 0 Å². The molecule has 0 aromatic heterocycles. The van der Waals surface area contributed by atoms with E-state index in [1.165, 1.54) is 57.5 Å². The molecule has 3 heteroatoms. The number of fused-ring (bicyclic) bond motifs is 1. The molecule has 0 N–H and O–H groups in total. The zero-order chi connectivity index (χ0) is 13.1. The molecule has 2 aliphatic rings. The molecule has 1 atom stereocenters. The summed E-state index contributed by atoms with van der Waals surface area (Å²) in [6.45, 7) is 6.36. The van der Waals surface area contributed by atoms with Crippen LogP contribution >= 0.6 is 11.6 Å². The molecule has 2 fully saturated rings. The van der Waals surface area contributed by atoms with E-state index in [4.69, 9.17) is 11.6 Å². The Hall–Kier alpha value is -0.570. The Kier molecular flexibility index (Phi) is 4.42.